The maximum Gasteiger partial charge on any atom is 0.320 e. The van der Waals surface area contributed by atoms with Gasteiger partial charge in [-0.1, -0.05) is 17.7 Å². The van der Waals surface area contributed by atoms with E-state index >= 15 is 0 Å². The summed E-state index contributed by atoms with van der Waals surface area (Å²) in [6, 6.07) is 3.81. The lowest BCUT2D eigenvalue weighted by Gasteiger charge is -2.11. The molecule has 0 bridgehead atoms. The van der Waals surface area contributed by atoms with Crippen molar-refractivity contribution in [3.63, 3.8) is 0 Å². The summed E-state index contributed by atoms with van der Waals surface area (Å²) in [4.78, 5) is 22.4. The molecule has 0 aliphatic carbocycles. The molecule has 1 aromatic carbocycles. The third-order valence-corrected chi connectivity index (χ3v) is 2.58. The number of carboxylic acids is 1. The number of hydrogen-bond donors (Lipinski definition) is 1. The fourth-order valence-corrected chi connectivity index (χ4v) is 1.62. The summed E-state index contributed by atoms with van der Waals surface area (Å²) in [6.07, 6.45) is -0.0891. The molecule has 0 aliphatic heterocycles. The van der Waals surface area contributed by atoms with Crippen LogP contribution in [0.15, 0.2) is 18.2 Å². The molecular weight excluding hydrogens is 263 g/mol. The van der Waals surface area contributed by atoms with E-state index in [4.69, 9.17) is 16.7 Å². The Bertz CT molecular complexity index is 461. The van der Waals surface area contributed by atoms with Crippen molar-refractivity contribution in [1.29, 1.82) is 0 Å². The molecule has 0 spiro atoms. The van der Waals surface area contributed by atoms with E-state index in [9.17, 15) is 14.0 Å². The van der Waals surface area contributed by atoms with E-state index in [0.29, 0.717) is 5.56 Å². The molecule has 0 saturated carbocycles. The van der Waals surface area contributed by atoms with Crippen molar-refractivity contribution >= 4 is 23.5 Å². The second kappa shape index (κ2) is 6.35. The van der Waals surface area contributed by atoms with Gasteiger partial charge in [-0.3, -0.25) is 9.59 Å². The average Bonchev–Trinajstić information content (AvgIpc) is 2.30. The third-order valence-electron chi connectivity index (χ3n) is 2.29. The van der Waals surface area contributed by atoms with Crippen LogP contribution in [-0.4, -0.2) is 23.7 Å². The van der Waals surface area contributed by atoms with Crippen LogP contribution in [-0.2, 0) is 20.7 Å². The summed E-state index contributed by atoms with van der Waals surface area (Å²) in [6.45, 7) is 1.69. The van der Waals surface area contributed by atoms with Crippen LogP contribution in [0.4, 0.5) is 4.39 Å². The van der Waals surface area contributed by atoms with Gasteiger partial charge in [0.15, 0.2) is 5.92 Å². The maximum absolute atomic E-state index is 12.9. The molecule has 1 rings (SSSR count). The first-order valence-electron chi connectivity index (χ1n) is 5.29. The molecule has 4 nitrogen and oxygen atoms in total. The van der Waals surface area contributed by atoms with Crippen LogP contribution in [0.5, 0.6) is 0 Å². The fourth-order valence-electron chi connectivity index (χ4n) is 1.42. The molecule has 0 heterocycles. The normalized spacial score (nSPS) is 11.9. The predicted octanol–water partition coefficient (Wildman–Crippen LogP) is 2.29. The molecule has 1 N–H and O–H groups in total. The van der Waals surface area contributed by atoms with Gasteiger partial charge in [-0.25, -0.2) is 4.39 Å². The van der Waals surface area contributed by atoms with E-state index in [2.05, 4.69) is 4.74 Å². The summed E-state index contributed by atoms with van der Waals surface area (Å²) >= 11 is 5.58. The summed E-state index contributed by atoms with van der Waals surface area (Å²) < 4.78 is 17.6. The number of carboxylic acid groups (broad SMARTS) is 1. The van der Waals surface area contributed by atoms with Gasteiger partial charge in [0.25, 0.3) is 0 Å². The second-order valence-electron chi connectivity index (χ2n) is 3.60. The third kappa shape index (κ3) is 3.70. The van der Waals surface area contributed by atoms with Crippen LogP contribution in [0, 0.1) is 11.7 Å². The standard InChI is InChI=1S/C12H12ClFO4/c1-2-18-12(17)8(11(15)16)5-7-3-4-10(14)9(13)6-7/h3-4,6,8H,2,5H2,1H3,(H,15,16). The van der Waals surface area contributed by atoms with Gasteiger partial charge in [-0.2, -0.15) is 0 Å². The number of halogens is 2. The van der Waals surface area contributed by atoms with Crippen molar-refractivity contribution in [3.05, 3.63) is 34.6 Å². The van der Waals surface area contributed by atoms with Crippen LogP contribution in [0.3, 0.4) is 0 Å². The highest BCUT2D eigenvalue weighted by molar-refractivity contribution is 6.30. The first kappa shape index (κ1) is 14.4. The van der Waals surface area contributed by atoms with E-state index < -0.39 is 23.7 Å². The predicted molar refractivity (Wildman–Crippen MR) is 62.9 cm³/mol. The largest absolute Gasteiger partial charge is 0.481 e. The Labute approximate surface area is 108 Å². The maximum atomic E-state index is 12.9. The number of aliphatic carboxylic acids is 1. The number of ether oxygens (including phenoxy) is 1. The number of esters is 1. The van der Waals surface area contributed by atoms with Gasteiger partial charge in [0.2, 0.25) is 0 Å². The molecule has 0 saturated heterocycles. The Morgan fingerprint density at radius 2 is 2.17 bits per heavy atom. The molecule has 6 heteroatoms. The summed E-state index contributed by atoms with van der Waals surface area (Å²) in [5, 5.41) is 8.84. The Kier molecular flexibility index (Phi) is 5.09. The average molecular weight is 275 g/mol. The van der Waals surface area contributed by atoms with Gasteiger partial charge in [0.05, 0.1) is 11.6 Å². The Morgan fingerprint density at radius 1 is 1.50 bits per heavy atom. The second-order valence-corrected chi connectivity index (χ2v) is 4.00. The highest BCUT2D eigenvalue weighted by Gasteiger charge is 2.28. The van der Waals surface area contributed by atoms with Gasteiger partial charge in [0.1, 0.15) is 5.82 Å². The summed E-state index contributed by atoms with van der Waals surface area (Å²) in [5.74, 6) is -4.01. The first-order chi connectivity index (χ1) is 8.45. The monoisotopic (exact) mass is 274 g/mol. The molecule has 0 amide bonds. The summed E-state index contributed by atoms with van der Waals surface area (Å²) in [7, 11) is 0. The molecule has 1 unspecified atom stereocenters. The zero-order valence-corrected chi connectivity index (χ0v) is 10.4. The van der Waals surface area contributed by atoms with E-state index in [1.807, 2.05) is 0 Å². The van der Waals surface area contributed by atoms with Crippen LogP contribution in [0.2, 0.25) is 5.02 Å². The molecule has 1 aromatic rings. The van der Waals surface area contributed by atoms with Gasteiger partial charge in [-0.05, 0) is 31.0 Å². The van der Waals surface area contributed by atoms with Gasteiger partial charge < -0.3 is 9.84 Å². The zero-order valence-electron chi connectivity index (χ0n) is 9.65. The number of hydrogen-bond acceptors (Lipinski definition) is 3. The highest BCUT2D eigenvalue weighted by atomic mass is 35.5. The van der Waals surface area contributed by atoms with Gasteiger partial charge in [0, 0.05) is 0 Å². The summed E-state index contributed by atoms with van der Waals surface area (Å²) in [5.41, 5.74) is 0.460. The Hall–Kier alpha value is -1.62. The molecular formula is C12H12ClFO4. The van der Waals surface area contributed by atoms with Crippen molar-refractivity contribution < 1.29 is 23.8 Å². The molecule has 0 aromatic heterocycles. The van der Waals surface area contributed by atoms with E-state index in [0.717, 1.165) is 6.07 Å². The highest BCUT2D eigenvalue weighted by Crippen LogP contribution is 2.19. The first-order valence-corrected chi connectivity index (χ1v) is 5.66. The zero-order chi connectivity index (χ0) is 13.7. The van der Waals surface area contributed by atoms with Crippen LogP contribution < -0.4 is 0 Å². The lowest BCUT2D eigenvalue weighted by molar-refractivity contribution is -0.158. The van der Waals surface area contributed by atoms with E-state index in [1.54, 1.807) is 6.92 Å². The minimum atomic E-state index is -1.31. The lowest BCUT2D eigenvalue weighted by atomic mass is 9.99. The quantitative estimate of drug-likeness (QED) is 0.661. The van der Waals surface area contributed by atoms with Gasteiger partial charge >= 0.3 is 11.9 Å². The van der Waals surface area contributed by atoms with Crippen molar-refractivity contribution in [2.24, 2.45) is 5.92 Å². The van der Waals surface area contributed by atoms with Crippen LogP contribution >= 0.6 is 11.6 Å². The molecule has 0 aliphatic rings. The van der Waals surface area contributed by atoms with Crippen molar-refractivity contribution in [2.45, 2.75) is 13.3 Å². The van der Waals surface area contributed by atoms with Crippen molar-refractivity contribution in [1.82, 2.24) is 0 Å². The smallest absolute Gasteiger partial charge is 0.320 e. The Morgan fingerprint density at radius 3 is 2.67 bits per heavy atom. The SMILES string of the molecule is CCOC(=O)C(Cc1ccc(F)c(Cl)c1)C(=O)O. The molecule has 18 heavy (non-hydrogen) atoms. The van der Waals surface area contributed by atoms with Gasteiger partial charge in [-0.15, -0.1) is 0 Å². The van der Waals surface area contributed by atoms with Crippen molar-refractivity contribution in [2.75, 3.05) is 6.61 Å². The minimum absolute atomic E-state index is 0.0891. The molecule has 0 radical (unpaired) electrons. The molecule has 98 valence electrons. The number of carbonyl (C=O) groups is 2. The van der Waals surface area contributed by atoms with Crippen molar-refractivity contribution in [3.8, 4) is 0 Å². The lowest BCUT2D eigenvalue weighted by Crippen LogP contribution is -2.28. The Balaban J connectivity index is 2.86. The fraction of sp³-hybridized carbons (Fsp3) is 0.333. The molecule has 1 atom stereocenters. The number of rotatable bonds is 5. The van der Waals surface area contributed by atoms with E-state index in [1.165, 1.54) is 12.1 Å². The van der Waals surface area contributed by atoms with Crippen LogP contribution in [0.1, 0.15) is 12.5 Å². The topological polar surface area (TPSA) is 63.6 Å². The van der Waals surface area contributed by atoms with Crippen LogP contribution in [0.25, 0.3) is 0 Å². The number of carbonyl (C=O) groups excluding carboxylic acids is 1. The number of benzene rings is 1. The van der Waals surface area contributed by atoms with E-state index in [-0.39, 0.29) is 18.1 Å². The molecule has 0 fully saturated rings. The minimum Gasteiger partial charge on any atom is -0.481 e.